The normalized spacial score (nSPS) is 24.9. The highest BCUT2D eigenvalue weighted by atomic mass is 16.5. The molecule has 4 nitrogen and oxygen atoms in total. The average molecular weight is 238 g/mol. The molecule has 0 spiro atoms. The fourth-order valence-electron chi connectivity index (χ4n) is 2.12. The molecule has 0 aromatic carbocycles. The lowest BCUT2D eigenvalue weighted by molar-refractivity contribution is -0.138. The molecule has 0 N–H and O–H groups in total. The molecular weight excluding hydrogens is 220 g/mol. The second-order valence-electron chi connectivity index (χ2n) is 4.24. The monoisotopic (exact) mass is 238 g/mol. The lowest BCUT2D eigenvalue weighted by atomic mass is 9.70. The van der Waals surface area contributed by atoms with Crippen molar-refractivity contribution in [3.63, 3.8) is 0 Å². The molecule has 1 unspecified atom stereocenters. The van der Waals surface area contributed by atoms with Gasteiger partial charge in [-0.2, -0.15) is 0 Å². The van der Waals surface area contributed by atoms with Gasteiger partial charge < -0.3 is 4.74 Å². The van der Waals surface area contributed by atoms with Crippen LogP contribution in [0.5, 0.6) is 0 Å². The maximum Gasteiger partial charge on any atom is 0.330 e. The molecule has 0 aromatic heterocycles. The fraction of sp³-hybridized carbons (Fsp3) is 0.615. The smallest absolute Gasteiger partial charge is 0.330 e. The summed E-state index contributed by atoms with van der Waals surface area (Å²) >= 11 is 0. The van der Waals surface area contributed by atoms with E-state index in [0.29, 0.717) is 12.8 Å². The van der Waals surface area contributed by atoms with Gasteiger partial charge in [0.05, 0.1) is 6.61 Å². The highest BCUT2D eigenvalue weighted by molar-refractivity contribution is 6.09. The number of esters is 1. The summed E-state index contributed by atoms with van der Waals surface area (Å²) < 4.78 is 4.74. The molecular formula is C13H18O4. The predicted molar refractivity (Wildman–Crippen MR) is 62.4 cm³/mol. The van der Waals surface area contributed by atoms with Gasteiger partial charge in [0.25, 0.3) is 0 Å². The van der Waals surface area contributed by atoms with Crippen LogP contribution in [0.25, 0.3) is 0 Å². The topological polar surface area (TPSA) is 60.4 Å². The van der Waals surface area contributed by atoms with Gasteiger partial charge in [-0.25, -0.2) is 4.79 Å². The van der Waals surface area contributed by atoms with Crippen LogP contribution >= 0.6 is 0 Å². The van der Waals surface area contributed by atoms with Gasteiger partial charge in [0, 0.05) is 12.5 Å². The second kappa shape index (κ2) is 5.75. The van der Waals surface area contributed by atoms with E-state index >= 15 is 0 Å². The van der Waals surface area contributed by atoms with Crippen molar-refractivity contribution in [2.75, 3.05) is 6.61 Å². The number of ether oxygens (including phenoxy) is 1. The van der Waals surface area contributed by atoms with Gasteiger partial charge in [0.15, 0.2) is 0 Å². The van der Waals surface area contributed by atoms with Gasteiger partial charge in [-0.05, 0) is 26.7 Å². The maximum atomic E-state index is 11.9. The Kier molecular flexibility index (Phi) is 4.61. The SMILES string of the molecule is CCOC(=O)/C=C/C1(C(C)=O)CCCCC1=O. The summed E-state index contributed by atoms with van der Waals surface area (Å²) in [6.07, 6.45) is 5.19. The van der Waals surface area contributed by atoms with Gasteiger partial charge in [0.2, 0.25) is 0 Å². The Morgan fingerprint density at radius 2 is 2.12 bits per heavy atom. The number of Topliss-reactive ketones (excluding diaryl/α,β-unsaturated/α-hetero) is 2. The number of carbonyl (C=O) groups excluding carboxylic acids is 3. The van der Waals surface area contributed by atoms with Crippen LogP contribution in [-0.4, -0.2) is 24.1 Å². The Labute approximate surface area is 101 Å². The van der Waals surface area contributed by atoms with Crippen molar-refractivity contribution in [2.45, 2.75) is 39.5 Å². The number of carbonyl (C=O) groups is 3. The lowest BCUT2D eigenvalue weighted by Crippen LogP contribution is -2.38. The van der Waals surface area contributed by atoms with Crippen LogP contribution in [0.1, 0.15) is 39.5 Å². The minimum Gasteiger partial charge on any atom is -0.463 e. The van der Waals surface area contributed by atoms with E-state index in [0.717, 1.165) is 12.8 Å². The molecule has 0 aliphatic heterocycles. The van der Waals surface area contributed by atoms with Crippen LogP contribution in [0.4, 0.5) is 0 Å². The van der Waals surface area contributed by atoms with Crippen molar-refractivity contribution < 1.29 is 19.1 Å². The summed E-state index contributed by atoms with van der Waals surface area (Å²) in [6, 6.07) is 0. The molecule has 94 valence electrons. The van der Waals surface area contributed by atoms with Gasteiger partial charge in [-0.1, -0.05) is 12.5 Å². The Morgan fingerprint density at radius 1 is 1.41 bits per heavy atom. The minimum atomic E-state index is -1.09. The van der Waals surface area contributed by atoms with E-state index in [4.69, 9.17) is 4.74 Å². The van der Waals surface area contributed by atoms with Crippen molar-refractivity contribution >= 4 is 17.5 Å². The number of hydrogen-bond donors (Lipinski definition) is 0. The number of ketones is 2. The van der Waals surface area contributed by atoms with E-state index < -0.39 is 11.4 Å². The first kappa shape index (κ1) is 13.6. The Morgan fingerprint density at radius 3 is 2.65 bits per heavy atom. The first-order valence-electron chi connectivity index (χ1n) is 5.93. The zero-order chi connectivity index (χ0) is 12.9. The maximum absolute atomic E-state index is 11.9. The first-order chi connectivity index (χ1) is 8.03. The standard InChI is InChI=1S/C13H18O4/c1-3-17-12(16)7-9-13(10(2)14)8-5-4-6-11(13)15/h7,9H,3-6,8H2,1-2H3/b9-7+. The van der Waals surface area contributed by atoms with E-state index in [1.165, 1.54) is 19.1 Å². The summed E-state index contributed by atoms with van der Waals surface area (Å²) in [6.45, 7) is 3.39. The van der Waals surface area contributed by atoms with Crippen LogP contribution in [0.2, 0.25) is 0 Å². The molecule has 1 saturated carbocycles. The molecule has 0 heterocycles. The zero-order valence-electron chi connectivity index (χ0n) is 10.3. The number of hydrogen-bond acceptors (Lipinski definition) is 4. The summed E-state index contributed by atoms with van der Waals surface area (Å²) in [7, 11) is 0. The molecule has 1 aliphatic rings. The fourth-order valence-corrected chi connectivity index (χ4v) is 2.12. The van der Waals surface area contributed by atoms with Crippen LogP contribution < -0.4 is 0 Å². The van der Waals surface area contributed by atoms with E-state index in [-0.39, 0.29) is 18.2 Å². The van der Waals surface area contributed by atoms with Crippen LogP contribution in [0, 0.1) is 5.41 Å². The molecule has 1 rings (SSSR count). The third-order valence-electron chi connectivity index (χ3n) is 3.14. The van der Waals surface area contributed by atoms with Gasteiger partial charge in [-0.15, -0.1) is 0 Å². The Balaban J connectivity index is 2.89. The molecule has 1 fully saturated rings. The summed E-state index contributed by atoms with van der Waals surface area (Å²) in [5.74, 6) is -0.786. The molecule has 1 aliphatic carbocycles. The highest BCUT2D eigenvalue weighted by Gasteiger charge is 2.41. The van der Waals surface area contributed by atoms with Gasteiger partial charge in [-0.3, -0.25) is 9.59 Å². The molecule has 0 bridgehead atoms. The van der Waals surface area contributed by atoms with Crippen molar-refractivity contribution in [1.29, 1.82) is 0 Å². The summed E-state index contributed by atoms with van der Waals surface area (Å²) in [5.41, 5.74) is -1.09. The van der Waals surface area contributed by atoms with E-state index in [2.05, 4.69) is 0 Å². The van der Waals surface area contributed by atoms with Crippen LogP contribution in [0.3, 0.4) is 0 Å². The average Bonchev–Trinajstić information content (AvgIpc) is 2.28. The molecule has 0 saturated heterocycles. The van der Waals surface area contributed by atoms with Crippen molar-refractivity contribution in [3.05, 3.63) is 12.2 Å². The molecule has 4 heteroatoms. The summed E-state index contributed by atoms with van der Waals surface area (Å²) in [4.78, 5) is 34.8. The lowest BCUT2D eigenvalue weighted by Gasteiger charge is -2.30. The Bertz CT molecular complexity index is 356. The second-order valence-corrected chi connectivity index (χ2v) is 4.24. The number of allylic oxidation sites excluding steroid dienone is 1. The molecule has 17 heavy (non-hydrogen) atoms. The third-order valence-corrected chi connectivity index (χ3v) is 3.14. The van der Waals surface area contributed by atoms with Crippen molar-refractivity contribution in [3.8, 4) is 0 Å². The van der Waals surface area contributed by atoms with Gasteiger partial charge >= 0.3 is 5.97 Å². The van der Waals surface area contributed by atoms with E-state index in [1.54, 1.807) is 6.92 Å². The number of rotatable bonds is 4. The van der Waals surface area contributed by atoms with E-state index in [9.17, 15) is 14.4 Å². The molecule has 0 amide bonds. The highest BCUT2D eigenvalue weighted by Crippen LogP contribution is 2.35. The quantitative estimate of drug-likeness (QED) is 0.426. The predicted octanol–water partition coefficient (Wildman–Crippen LogP) is 1.82. The third kappa shape index (κ3) is 3.02. The van der Waals surface area contributed by atoms with E-state index in [1.807, 2.05) is 0 Å². The van der Waals surface area contributed by atoms with Gasteiger partial charge in [0.1, 0.15) is 17.0 Å². The van der Waals surface area contributed by atoms with Crippen LogP contribution in [-0.2, 0) is 19.1 Å². The Hall–Kier alpha value is -1.45. The molecule has 0 radical (unpaired) electrons. The first-order valence-corrected chi connectivity index (χ1v) is 5.93. The van der Waals surface area contributed by atoms with Crippen LogP contribution in [0.15, 0.2) is 12.2 Å². The largest absolute Gasteiger partial charge is 0.463 e. The molecule has 1 atom stereocenters. The zero-order valence-corrected chi connectivity index (χ0v) is 10.3. The molecule has 0 aromatic rings. The van der Waals surface area contributed by atoms with Crippen molar-refractivity contribution in [1.82, 2.24) is 0 Å². The van der Waals surface area contributed by atoms with Crippen molar-refractivity contribution in [2.24, 2.45) is 5.41 Å². The minimum absolute atomic E-state index is 0.0863. The summed E-state index contributed by atoms with van der Waals surface area (Å²) in [5, 5.41) is 0.